The first-order valence-electron chi connectivity index (χ1n) is 8.82. The third-order valence-electron chi connectivity index (χ3n) is 4.72. The number of hydrogen-bond acceptors (Lipinski definition) is 5. The predicted octanol–water partition coefficient (Wildman–Crippen LogP) is 1.20. The van der Waals surface area contributed by atoms with Gasteiger partial charge in [-0.1, -0.05) is 0 Å². The van der Waals surface area contributed by atoms with Crippen LogP contribution in [-0.2, 0) is 20.9 Å². The van der Waals surface area contributed by atoms with E-state index in [1.807, 2.05) is 29.5 Å². The van der Waals surface area contributed by atoms with E-state index in [9.17, 15) is 9.59 Å². The second-order valence-electron chi connectivity index (χ2n) is 6.57. The van der Waals surface area contributed by atoms with Gasteiger partial charge in [0.2, 0.25) is 5.91 Å². The van der Waals surface area contributed by atoms with Gasteiger partial charge in [0.1, 0.15) is 5.82 Å². The summed E-state index contributed by atoms with van der Waals surface area (Å²) in [4.78, 5) is 28.6. The van der Waals surface area contributed by atoms with Crippen LogP contribution >= 0.6 is 0 Å². The number of amides is 1. The molecule has 3 rings (SSSR count). The van der Waals surface area contributed by atoms with Gasteiger partial charge < -0.3 is 14.5 Å². The van der Waals surface area contributed by atoms with Gasteiger partial charge in [-0.15, -0.1) is 0 Å². The number of aromatic nitrogens is 2. The van der Waals surface area contributed by atoms with E-state index >= 15 is 0 Å². The fourth-order valence-electron chi connectivity index (χ4n) is 3.56. The molecule has 7 nitrogen and oxygen atoms in total. The van der Waals surface area contributed by atoms with Crippen molar-refractivity contribution in [1.82, 2.24) is 14.7 Å². The second kappa shape index (κ2) is 7.23. The number of rotatable bonds is 4. The maximum atomic E-state index is 12.7. The summed E-state index contributed by atoms with van der Waals surface area (Å²) < 4.78 is 7.09. The first-order chi connectivity index (χ1) is 11.6. The molecular formula is C17H26N4O3. The minimum atomic E-state index is -0.184. The molecule has 1 atom stereocenters. The fourth-order valence-corrected chi connectivity index (χ4v) is 3.56. The van der Waals surface area contributed by atoms with E-state index < -0.39 is 0 Å². The quantitative estimate of drug-likeness (QED) is 0.774. The third-order valence-corrected chi connectivity index (χ3v) is 4.72. The molecule has 132 valence electrons. The SMILES string of the molecule is CCOC(=O)[C@@H]1CCCN(C(=O)CN2CCCn3nc(C)cc32)C1. The molecule has 3 heterocycles. The Hall–Kier alpha value is -2.05. The van der Waals surface area contributed by atoms with E-state index in [1.165, 1.54) is 0 Å². The number of carbonyl (C=O) groups is 2. The van der Waals surface area contributed by atoms with Crippen LogP contribution in [0.15, 0.2) is 6.07 Å². The molecule has 1 fully saturated rings. The van der Waals surface area contributed by atoms with Crippen molar-refractivity contribution in [3.8, 4) is 0 Å². The van der Waals surface area contributed by atoms with Crippen LogP contribution in [0, 0.1) is 12.8 Å². The van der Waals surface area contributed by atoms with Crippen LogP contribution in [0.1, 0.15) is 31.9 Å². The number of carbonyl (C=O) groups excluding carboxylic acids is 2. The Morgan fingerprint density at radius 1 is 1.29 bits per heavy atom. The summed E-state index contributed by atoms with van der Waals surface area (Å²) in [6.07, 6.45) is 2.65. The van der Waals surface area contributed by atoms with Gasteiger partial charge in [0.25, 0.3) is 0 Å². The highest BCUT2D eigenvalue weighted by atomic mass is 16.5. The van der Waals surface area contributed by atoms with Crippen LogP contribution in [0.4, 0.5) is 5.82 Å². The number of likely N-dealkylation sites (tertiary alicyclic amines) is 1. The molecule has 0 saturated carbocycles. The lowest BCUT2D eigenvalue weighted by Crippen LogP contribution is -2.48. The maximum absolute atomic E-state index is 12.7. The highest BCUT2D eigenvalue weighted by Crippen LogP contribution is 2.23. The topological polar surface area (TPSA) is 67.7 Å². The third kappa shape index (κ3) is 3.55. The van der Waals surface area contributed by atoms with Crippen molar-refractivity contribution in [2.45, 2.75) is 39.7 Å². The minimum Gasteiger partial charge on any atom is -0.466 e. The van der Waals surface area contributed by atoms with Crippen LogP contribution in [0.3, 0.4) is 0 Å². The van der Waals surface area contributed by atoms with Crippen LogP contribution in [0.25, 0.3) is 0 Å². The lowest BCUT2D eigenvalue weighted by molar-refractivity contribution is -0.151. The molecule has 2 aliphatic rings. The van der Waals surface area contributed by atoms with Crippen molar-refractivity contribution in [2.24, 2.45) is 5.92 Å². The Balaban J connectivity index is 1.62. The highest BCUT2D eigenvalue weighted by Gasteiger charge is 2.30. The van der Waals surface area contributed by atoms with Gasteiger partial charge >= 0.3 is 5.97 Å². The lowest BCUT2D eigenvalue weighted by Gasteiger charge is -2.35. The average molecular weight is 334 g/mol. The fraction of sp³-hybridized carbons (Fsp3) is 0.706. The summed E-state index contributed by atoms with van der Waals surface area (Å²) in [6, 6.07) is 2.03. The lowest BCUT2D eigenvalue weighted by atomic mass is 9.98. The Morgan fingerprint density at radius 3 is 2.92 bits per heavy atom. The van der Waals surface area contributed by atoms with Gasteiger partial charge in [0.05, 0.1) is 24.8 Å². The van der Waals surface area contributed by atoms with Crippen LogP contribution in [0.5, 0.6) is 0 Å². The molecule has 0 radical (unpaired) electrons. The normalized spacial score (nSPS) is 20.7. The van der Waals surface area contributed by atoms with Crippen molar-refractivity contribution in [1.29, 1.82) is 0 Å². The summed E-state index contributed by atoms with van der Waals surface area (Å²) in [5.41, 5.74) is 0.977. The van der Waals surface area contributed by atoms with Crippen LogP contribution in [-0.4, -0.2) is 59.3 Å². The molecule has 0 bridgehead atoms. The van der Waals surface area contributed by atoms with Gasteiger partial charge in [-0.3, -0.25) is 9.59 Å². The number of fused-ring (bicyclic) bond motifs is 1. The highest BCUT2D eigenvalue weighted by molar-refractivity contribution is 5.82. The molecule has 0 unspecified atom stereocenters. The summed E-state index contributed by atoms with van der Waals surface area (Å²) in [5.74, 6) is 0.737. The van der Waals surface area contributed by atoms with E-state index in [4.69, 9.17) is 4.74 Å². The number of aryl methyl sites for hydroxylation is 2. The Morgan fingerprint density at radius 2 is 2.12 bits per heavy atom. The predicted molar refractivity (Wildman–Crippen MR) is 89.7 cm³/mol. The number of hydrogen-bond donors (Lipinski definition) is 0. The molecule has 1 aromatic heterocycles. The number of anilines is 1. The smallest absolute Gasteiger partial charge is 0.310 e. The molecule has 0 aromatic carbocycles. The Bertz CT molecular complexity index is 613. The number of piperidine rings is 1. The first-order valence-corrected chi connectivity index (χ1v) is 8.82. The van der Waals surface area contributed by atoms with Crippen molar-refractivity contribution < 1.29 is 14.3 Å². The molecular weight excluding hydrogens is 308 g/mol. The number of ether oxygens (including phenoxy) is 1. The van der Waals surface area contributed by atoms with Crippen LogP contribution < -0.4 is 4.90 Å². The summed E-state index contributed by atoms with van der Waals surface area (Å²) in [6.45, 7) is 7.49. The van der Waals surface area contributed by atoms with E-state index in [-0.39, 0.29) is 17.8 Å². The van der Waals surface area contributed by atoms with Gasteiger partial charge in [0, 0.05) is 32.2 Å². The van der Waals surface area contributed by atoms with E-state index in [0.717, 1.165) is 50.4 Å². The molecule has 1 aromatic rings. The summed E-state index contributed by atoms with van der Waals surface area (Å²) >= 11 is 0. The van der Waals surface area contributed by atoms with Crippen LogP contribution in [0.2, 0.25) is 0 Å². The standard InChI is InChI=1S/C17H26N4O3/c1-3-24-17(23)14-6-4-7-20(11-14)16(22)12-19-8-5-9-21-15(19)10-13(2)18-21/h10,14H,3-9,11-12H2,1-2H3/t14-/m1/s1. The monoisotopic (exact) mass is 334 g/mol. The molecule has 0 N–H and O–H groups in total. The van der Waals surface area contributed by atoms with Crippen molar-refractivity contribution in [2.75, 3.05) is 37.7 Å². The Kier molecular flexibility index (Phi) is 5.06. The average Bonchev–Trinajstić information content (AvgIpc) is 2.96. The maximum Gasteiger partial charge on any atom is 0.310 e. The molecule has 7 heteroatoms. The molecule has 1 saturated heterocycles. The molecule has 0 spiro atoms. The molecule has 24 heavy (non-hydrogen) atoms. The summed E-state index contributed by atoms with van der Waals surface area (Å²) in [5, 5.41) is 4.47. The largest absolute Gasteiger partial charge is 0.466 e. The van der Waals surface area contributed by atoms with E-state index in [1.54, 1.807) is 0 Å². The number of esters is 1. The molecule has 1 amide bonds. The zero-order valence-corrected chi connectivity index (χ0v) is 14.5. The second-order valence-corrected chi connectivity index (χ2v) is 6.57. The van der Waals surface area contributed by atoms with Gasteiger partial charge in [-0.25, -0.2) is 4.68 Å². The summed E-state index contributed by atoms with van der Waals surface area (Å²) in [7, 11) is 0. The van der Waals surface area contributed by atoms with Gasteiger partial charge in [-0.05, 0) is 33.1 Å². The Labute approximate surface area is 142 Å². The minimum absolute atomic E-state index is 0.0799. The van der Waals surface area contributed by atoms with Crippen molar-refractivity contribution in [3.63, 3.8) is 0 Å². The zero-order chi connectivity index (χ0) is 17.1. The van der Waals surface area contributed by atoms with E-state index in [0.29, 0.717) is 19.7 Å². The molecule has 2 aliphatic heterocycles. The van der Waals surface area contributed by atoms with Crippen molar-refractivity contribution in [3.05, 3.63) is 11.8 Å². The van der Waals surface area contributed by atoms with Gasteiger partial charge in [-0.2, -0.15) is 5.10 Å². The number of nitrogens with zero attached hydrogens (tertiary/aromatic N) is 4. The van der Waals surface area contributed by atoms with Crippen molar-refractivity contribution >= 4 is 17.7 Å². The van der Waals surface area contributed by atoms with Gasteiger partial charge in [0.15, 0.2) is 0 Å². The first kappa shape index (κ1) is 16.8. The molecule has 0 aliphatic carbocycles. The van der Waals surface area contributed by atoms with E-state index in [2.05, 4.69) is 10.00 Å². The zero-order valence-electron chi connectivity index (χ0n) is 14.5.